The van der Waals surface area contributed by atoms with Crippen molar-refractivity contribution in [3.05, 3.63) is 18.2 Å². The Kier molecular flexibility index (Phi) is 4.89. The molecule has 0 unspecified atom stereocenters. The van der Waals surface area contributed by atoms with E-state index in [1.54, 1.807) is 11.8 Å². The molecule has 0 N–H and O–H groups in total. The maximum atomic E-state index is 13.0. The van der Waals surface area contributed by atoms with Gasteiger partial charge in [-0.2, -0.15) is 0 Å². The molecule has 0 spiro atoms. The zero-order valence-corrected chi connectivity index (χ0v) is 14.8. The lowest BCUT2D eigenvalue weighted by Gasteiger charge is -2.42. The van der Waals surface area contributed by atoms with Gasteiger partial charge in [0.25, 0.3) is 0 Å². The minimum absolute atomic E-state index is 0.00813. The summed E-state index contributed by atoms with van der Waals surface area (Å²) in [6.07, 6.45) is 5.66. The van der Waals surface area contributed by atoms with Crippen molar-refractivity contribution in [3.8, 4) is 0 Å². The van der Waals surface area contributed by atoms with Crippen LogP contribution in [0.4, 0.5) is 0 Å². The van der Waals surface area contributed by atoms with Crippen molar-refractivity contribution >= 4 is 11.8 Å². The third-order valence-corrected chi connectivity index (χ3v) is 5.35. The summed E-state index contributed by atoms with van der Waals surface area (Å²) in [5.74, 6) is 0.547. The summed E-state index contributed by atoms with van der Waals surface area (Å²) in [6.45, 7) is 5.14. The summed E-state index contributed by atoms with van der Waals surface area (Å²) < 4.78 is 2.07. The van der Waals surface area contributed by atoms with Crippen LogP contribution < -0.4 is 0 Å². The number of aromatic nitrogens is 2. The van der Waals surface area contributed by atoms with Crippen LogP contribution in [0.5, 0.6) is 0 Å². The molecule has 7 heteroatoms. The van der Waals surface area contributed by atoms with E-state index in [4.69, 9.17) is 0 Å². The number of hydrogen-bond acceptors (Lipinski definition) is 4. The van der Waals surface area contributed by atoms with Gasteiger partial charge in [0.1, 0.15) is 6.04 Å². The average Bonchev–Trinajstić information content (AvgIpc) is 3.00. The Morgan fingerprint density at radius 2 is 1.83 bits per heavy atom. The quantitative estimate of drug-likeness (QED) is 0.780. The molecule has 0 radical (unpaired) electrons. The molecule has 3 heterocycles. The van der Waals surface area contributed by atoms with Crippen molar-refractivity contribution in [2.75, 3.05) is 39.8 Å². The molecule has 1 aromatic rings. The summed E-state index contributed by atoms with van der Waals surface area (Å²) >= 11 is 0. The van der Waals surface area contributed by atoms with E-state index < -0.39 is 0 Å². The van der Waals surface area contributed by atoms with Gasteiger partial charge in [0.2, 0.25) is 11.8 Å². The van der Waals surface area contributed by atoms with Crippen LogP contribution >= 0.6 is 0 Å². The summed E-state index contributed by atoms with van der Waals surface area (Å²) in [4.78, 5) is 34.8. The third-order valence-electron chi connectivity index (χ3n) is 5.35. The van der Waals surface area contributed by atoms with E-state index in [-0.39, 0.29) is 17.9 Å². The predicted octanol–water partition coefficient (Wildman–Crippen LogP) is 0.289. The van der Waals surface area contributed by atoms with Crippen LogP contribution in [-0.2, 0) is 16.6 Å². The van der Waals surface area contributed by atoms with Gasteiger partial charge in [0.05, 0.1) is 6.33 Å². The van der Waals surface area contributed by atoms with Gasteiger partial charge in [-0.3, -0.25) is 9.59 Å². The number of imidazole rings is 1. The van der Waals surface area contributed by atoms with Crippen LogP contribution in [-0.4, -0.2) is 81.9 Å². The molecule has 24 heavy (non-hydrogen) atoms. The largest absolute Gasteiger partial charge is 0.341 e. The highest BCUT2D eigenvalue weighted by atomic mass is 16.2. The first kappa shape index (κ1) is 17.0. The second-order valence-corrected chi connectivity index (χ2v) is 7.02. The number of carbonyl (C=O) groups excluding carboxylic acids is 2. The SMILES string of the molecule is CC(=O)N1CCN(C)C[C@@H]1C(=O)N1CCC(c2cncn2C)CC1. The zero-order chi connectivity index (χ0) is 17.3. The van der Waals surface area contributed by atoms with E-state index >= 15 is 0 Å². The van der Waals surface area contributed by atoms with Gasteiger partial charge in [-0.05, 0) is 19.9 Å². The Morgan fingerprint density at radius 3 is 2.42 bits per heavy atom. The fourth-order valence-corrected chi connectivity index (χ4v) is 3.87. The van der Waals surface area contributed by atoms with Gasteiger partial charge < -0.3 is 19.3 Å². The number of piperidine rings is 1. The maximum absolute atomic E-state index is 13.0. The molecular formula is C17H27N5O2. The van der Waals surface area contributed by atoms with Crippen LogP contribution in [0.15, 0.2) is 12.5 Å². The van der Waals surface area contributed by atoms with E-state index in [0.29, 0.717) is 19.0 Å². The Balaban J connectivity index is 1.63. The number of rotatable bonds is 2. The molecule has 1 atom stereocenters. The lowest BCUT2D eigenvalue weighted by molar-refractivity contribution is -0.148. The van der Waals surface area contributed by atoms with Crippen LogP contribution in [0.1, 0.15) is 31.4 Å². The lowest BCUT2D eigenvalue weighted by Crippen LogP contribution is -2.60. The van der Waals surface area contributed by atoms with Crippen molar-refractivity contribution < 1.29 is 9.59 Å². The smallest absolute Gasteiger partial charge is 0.246 e. The maximum Gasteiger partial charge on any atom is 0.246 e. The Labute approximate surface area is 143 Å². The monoisotopic (exact) mass is 333 g/mol. The molecule has 1 aromatic heterocycles. The van der Waals surface area contributed by atoms with Gasteiger partial charge in [0, 0.05) is 64.5 Å². The number of carbonyl (C=O) groups is 2. The molecule has 2 fully saturated rings. The van der Waals surface area contributed by atoms with E-state index in [1.807, 2.05) is 31.5 Å². The highest BCUT2D eigenvalue weighted by molar-refractivity contribution is 5.87. The van der Waals surface area contributed by atoms with Crippen molar-refractivity contribution in [1.29, 1.82) is 0 Å². The topological polar surface area (TPSA) is 61.7 Å². The van der Waals surface area contributed by atoms with Crippen molar-refractivity contribution in [2.45, 2.75) is 31.7 Å². The van der Waals surface area contributed by atoms with Gasteiger partial charge in [0.15, 0.2) is 0 Å². The molecule has 2 aliphatic rings. The molecular weight excluding hydrogens is 306 g/mol. The Bertz CT molecular complexity index is 606. The van der Waals surface area contributed by atoms with E-state index in [0.717, 1.165) is 32.5 Å². The first-order chi connectivity index (χ1) is 11.5. The van der Waals surface area contributed by atoms with Gasteiger partial charge in [-0.1, -0.05) is 0 Å². The molecule has 2 saturated heterocycles. The average molecular weight is 333 g/mol. The first-order valence-corrected chi connectivity index (χ1v) is 8.68. The van der Waals surface area contributed by atoms with Crippen LogP contribution in [0, 0.1) is 0 Å². The molecule has 0 bridgehead atoms. The molecule has 2 aliphatic heterocycles. The fraction of sp³-hybridized carbons (Fsp3) is 0.706. The lowest BCUT2D eigenvalue weighted by atomic mass is 9.93. The molecule has 7 nitrogen and oxygen atoms in total. The normalized spacial score (nSPS) is 23.5. The van der Waals surface area contributed by atoms with Crippen molar-refractivity contribution in [3.63, 3.8) is 0 Å². The number of amides is 2. The number of hydrogen-bond donors (Lipinski definition) is 0. The van der Waals surface area contributed by atoms with Gasteiger partial charge in [-0.15, -0.1) is 0 Å². The Morgan fingerprint density at radius 1 is 1.12 bits per heavy atom. The van der Waals surface area contributed by atoms with Gasteiger partial charge >= 0.3 is 0 Å². The molecule has 3 rings (SSSR count). The second kappa shape index (κ2) is 6.93. The molecule has 132 valence electrons. The molecule has 0 saturated carbocycles. The summed E-state index contributed by atoms with van der Waals surface area (Å²) in [5, 5.41) is 0. The summed E-state index contributed by atoms with van der Waals surface area (Å²) in [7, 11) is 4.02. The summed E-state index contributed by atoms with van der Waals surface area (Å²) in [6, 6.07) is -0.338. The third kappa shape index (κ3) is 3.31. The van der Waals surface area contributed by atoms with Crippen molar-refractivity contribution in [2.24, 2.45) is 7.05 Å². The van der Waals surface area contributed by atoms with Crippen LogP contribution in [0.3, 0.4) is 0 Å². The van der Waals surface area contributed by atoms with Crippen molar-refractivity contribution in [1.82, 2.24) is 24.3 Å². The summed E-state index contributed by atoms with van der Waals surface area (Å²) in [5.41, 5.74) is 1.24. The van der Waals surface area contributed by atoms with Crippen LogP contribution in [0.2, 0.25) is 0 Å². The second-order valence-electron chi connectivity index (χ2n) is 7.02. The van der Waals surface area contributed by atoms with E-state index in [1.165, 1.54) is 5.69 Å². The fourth-order valence-electron chi connectivity index (χ4n) is 3.87. The number of likely N-dealkylation sites (N-methyl/N-ethyl adjacent to an activating group) is 1. The molecule has 0 aromatic carbocycles. The predicted molar refractivity (Wildman–Crippen MR) is 90.4 cm³/mol. The highest BCUT2D eigenvalue weighted by Crippen LogP contribution is 2.28. The Hall–Kier alpha value is -1.89. The van der Waals surface area contributed by atoms with E-state index in [2.05, 4.69) is 14.5 Å². The van der Waals surface area contributed by atoms with Gasteiger partial charge in [-0.25, -0.2) is 4.98 Å². The number of likely N-dealkylation sites (tertiary alicyclic amines) is 1. The minimum atomic E-state index is -0.338. The standard InChI is InChI=1S/C17H27N5O2/c1-13(23)22-9-8-19(2)11-16(22)17(24)21-6-4-14(5-7-21)15-10-18-12-20(15)3/h10,12,14,16H,4-9,11H2,1-3H3/t16-/m1/s1. The van der Waals surface area contributed by atoms with E-state index in [9.17, 15) is 9.59 Å². The number of piperazine rings is 1. The minimum Gasteiger partial charge on any atom is -0.341 e. The highest BCUT2D eigenvalue weighted by Gasteiger charge is 2.36. The molecule has 2 amide bonds. The number of aryl methyl sites for hydroxylation is 1. The number of nitrogens with zero attached hydrogens (tertiary/aromatic N) is 5. The first-order valence-electron chi connectivity index (χ1n) is 8.68. The molecule has 0 aliphatic carbocycles. The zero-order valence-electron chi connectivity index (χ0n) is 14.8. The van der Waals surface area contributed by atoms with Crippen LogP contribution in [0.25, 0.3) is 0 Å².